The maximum absolute atomic E-state index is 12.4. The number of ether oxygens (including phenoxy) is 2. The van der Waals surface area contributed by atoms with E-state index in [1.54, 1.807) is 4.90 Å². The molecule has 1 saturated heterocycles. The van der Waals surface area contributed by atoms with E-state index in [2.05, 4.69) is 15.3 Å². The molecule has 166 valence electrons. The van der Waals surface area contributed by atoms with Crippen LogP contribution in [0.3, 0.4) is 0 Å². The fraction of sp³-hybridized carbons (Fsp3) is 0.455. The van der Waals surface area contributed by atoms with Gasteiger partial charge in [0.05, 0.1) is 7.11 Å². The van der Waals surface area contributed by atoms with Gasteiger partial charge in [0.25, 0.3) is 5.91 Å². The van der Waals surface area contributed by atoms with Crippen LogP contribution in [-0.2, 0) is 11.3 Å². The van der Waals surface area contributed by atoms with Crippen LogP contribution in [0, 0.1) is 0 Å². The van der Waals surface area contributed by atoms with Gasteiger partial charge in [0.15, 0.2) is 0 Å². The number of benzene rings is 1. The van der Waals surface area contributed by atoms with Crippen molar-refractivity contribution in [2.45, 2.75) is 32.9 Å². The van der Waals surface area contributed by atoms with Crippen LogP contribution >= 0.6 is 0 Å². The molecular formula is C22H29N5O4. The van der Waals surface area contributed by atoms with Gasteiger partial charge in [0.1, 0.15) is 12.2 Å². The van der Waals surface area contributed by atoms with Gasteiger partial charge in [-0.05, 0) is 18.9 Å². The van der Waals surface area contributed by atoms with Crippen LogP contribution in [0.5, 0.6) is 5.88 Å². The summed E-state index contributed by atoms with van der Waals surface area (Å²) in [6.45, 7) is 6.29. The standard InChI is InChI=1S/C22H29N5O4/c1-4-16(2)24-19(28)18-14-23-21(25-20(18)30-3)26-10-12-27(13-11-26)22(29)31-15-17-8-6-5-7-9-17/h5-9,14,16H,4,10-13,15H2,1-3H3,(H,24,28). The van der Waals surface area contributed by atoms with Gasteiger partial charge in [-0.25, -0.2) is 9.78 Å². The number of hydrogen-bond donors (Lipinski definition) is 1. The van der Waals surface area contributed by atoms with Gasteiger partial charge in [-0.2, -0.15) is 4.98 Å². The van der Waals surface area contributed by atoms with Crippen molar-refractivity contribution < 1.29 is 19.1 Å². The van der Waals surface area contributed by atoms with E-state index in [-0.39, 0.29) is 30.5 Å². The van der Waals surface area contributed by atoms with E-state index in [9.17, 15) is 9.59 Å². The van der Waals surface area contributed by atoms with Gasteiger partial charge < -0.3 is 24.6 Å². The number of carbonyl (C=O) groups excluding carboxylic acids is 2. The molecule has 1 aromatic heterocycles. The molecule has 1 atom stereocenters. The number of carbonyl (C=O) groups is 2. The lowest BCUT2D eigenvalue weighted by Crippen LogP contribution is -2.49. The number of aromatic nitrogens is 2. The molecule has 31 heavy (non-hydrogen) atoms. The minimum Gasteiger partial charge on any atom is -0.480 e. The molecule has 1 fully saturated rings. The minimum atomic E-state index is -0.334. The van der Waals surface area contributed by atoms with Crippen molar-refractivity contribution in [2.75, 3.05) is 38.2 Å². The number of methoxy groups -OCH3 is 1. The van der Waals surface area contributed by atoms with Crippen LogP contribution in [0.2, 0.25) is 0 Å². The van der Waals surface area contributed by atoms with Crippen molar-refractivity contribution in [2.24, 2.45) is 0 Å². The first-order chi connectivity index (χ1) is 15.0. The molecule has 2 heterocycles. The second-order valence-corrected chi connectivity index (χ2v) is 7.39. The largest absolute Gasteiger partial charge is 0.480 e. The number of piperazine rings is 1. The maximum Gasteiger partial charge on any atom is 0.410 e. The quantitative estimate of drug-likeness (QED) is 0.725. The van der Waals surface area contributed by atoms with E-state index in [1.807, 2.05) is 49.1 Å². The van der Waals surface area contributed by atoms with Crippen LogP contribution in [0.15, 0.2) is 36.5 Å². The Kier molecular flexibility index (Phi) is 7.64. The first-order valence-corrected chi connectivity index (χ1v) is 10.4. The van der Waals surface area contributed by atoms with Crippen molar-refractivity contribution in [3.05, 3.63) is 47.7 Å². The molecule has 9 heteroatoms. The number of nitrogens with zero attached hydrogens (tertiary/aromatic N) is 4. The molecule has 2 amide bonds. The number of nitrogens with one attached hydrogen (secondary N) is 1. The molecule has 0 aliphatic carbocycles. The average Bonchev–Trinajstić information content (AvgIpc) is 2.82. The molecule has 0 bridgehead atoms. The topological polar surface area (TPSA) is 96.9 Å². The van der Waals surface area contributed by atoms with Gasteiger partial charge in [-0.1, -0.05) is 37.3 Å². The molecule has 0 saturated carbocycles. The van der Waals surface area contributed by atoms with Gasteiger partial charge in [-0.3, -0.25) is 4.79 Å². The van der Waals surface area contributed by atoms with E-state index in [1.165, 1.54) is 13.3 Å². The summed E-state index contributed by atoms with van der Waals surface area (Å²) in [5, 5.41) is 2.89. The summed E-state index contributed by atoms with van der Waals surface area (Å²) in [6.07, 6.45) is 1.98. The third-order valence-corrected chi connectivity index (χ3v) is 5.19. The maximum atomic E-state index is 12.4. The van der Waals surface area contributed by atoms with E-state index < -0.39 is 0 Å². The molecule has 0 spiro atoms. The highest BCUT2D eigenvalue weighted by Gasteiger charge is 2.25. The van der Waals surface area contributed by atoms with E-state index in [4.69, 9.17) is 9.47 Å². The number of amides is 2. The Hall–Kier alpha value is -3.36. The van der Waals surface area contributed by atoms with Crippen molar-refractivity contribution in [1.29, 1.82) is 0 Å². The van der Waals surface area contributed by atoms with Crippen molar-refractivity contribution in [1.82, 2.24) is 20.2 Å². The molecular weight excluding hydrogens is 398 g/mol. The normalized spacial score (nSPS) is 14.7. The second-order valence-electron chi connectivity index (χ2n) is 7.39. The average molecular weight is 428 g/mol. The SMILES string of the molecule is CCC(C)NC(=O)c1cnc(N2CCN(C(=O)OCc3ccccc3)CC2)nc1OC. The van der Waals surface area contributed by atoms with Crippen molar-refractivity contribution in [3.63, 3.8) is 0 Å². The van der Waals surface area contributed by atoms with Gasteiger partial charge in [-0.15, -0.1) is 0 Å². The molecule has 1 N–H and O–H groups in total. The van der Waals surface area contributed by atoms with Crippen molar-refractivity contribution >= 4 is 17.9 Å². The van der Waals surface area contributed by atoms with E-state index >= 15 is 0 Å². The highest BCUT2D eigenvalue weighted by Crippen LogP contribution is 2.20. The highest BCUT2D eigenvalue weighted by molar-refractivity contribution is 5.96. The molecule has 1 aromatic carbocycles. The summed E-state index contributed by atoms with van der Waals surface area (Å²) in [5.41, 5.74) is 1.25. The lowest BCUT2D eigenvalue weighted by Gasteiger charge is -2.34. The summed E-state index contributed by atoms with van der Waals surface area (Å²) < 4.78 is 10.7. The fourth-order valence-electron chi connectivity index (χ4n) is 3.12. The first-order valence-electron chi connectivity index (χ1n) is 10.4. The molecule has 0 radical (unpaired) electrons. The monoisotopic (exact) mass is 427 g/mol. The molecule has 1 unspecified atom stereocenters. The molecule has 3 rings (SSSR count). The third-order valence-electron chi connectivity index (χ3n) is 5.19. The third kappa shape index (κ3) is 5.84. The Morgan fingerprint density at radius 2 is 1.87 bits per heavy atom. The van der Waals surface area contributed by atoms with Crippen LogP contribution in [0.1, 0.15) is 36.2 Å². The minimum absolute atomic E-state index is 0.0478. The Balaban J connectivity index is 1.56. The molecule has 1 aliphatic heterocycles. The Labute approximate surface area is 182 Å². The predicted molar refractivity (Wildman–Crippen MR) is 116 cm³/mol. The van der Waals surface area contributed by atoms with E-state index in [0.717, 1.165) is 12.0 Å². The number of hydrogen-bond acceptors (Lipinski definition) is 7. The summed E-state index contributed by atoms with van der Waals surface area (Å²) in [7, 11) is 1.48. The molecule has 1 aliphatic rings. The summed E-state index contributed by atoms with van der Waals surface area (Å²) in [4.78, 5) is 37.1. The van der Waals surface area contributed by atoms with Gasteiger partial charge >= 0.3 is 6.09 Å². The zero-order valence-electron chi connectivity index (χ0n) is 18.2. The van der Waals surface area contributed by atoms with Crippen LogP contribution in [-0.4, -0.2) is 66.2 Å². The molecule has 9 nitrogen and oxygen atoms in total. The zero-order valence-corrected chi connectivity index (χ0v) is 18.2. The second kappa shape index (κ2) is 10.6. The number of anilines is 1. The molecule has 2 aromatic rings. The summed E-state index contributed by atoms with van der Waals surface area (Å²) in [6, 6.07) is 9.63. The number of rotatable bonds is 7. The Morgan fingerprint density at radius 3 is 2.52 bits per heavy atom. The lowest BCUT2D eigenvalue weighted by molar-refractivity contribution is 0.0927. The van der Waals surface area contributed by atoms with Crippen LogP contribution in [0.25, 0.3) is 0 Å². The highest BCUT2D eigenvalue weighted by atomic mass is 16.6. The Bertz CT molecular complexity index is 885. The predicted octanol–water partition coefficient (Wildman–Crippen LogP) is 2.47. The van der Waals surface area contributed by atoms with Crippen LogP contribution in [0.4, 0.5) is 10.7 Å². The smallest absolute Gasteiger partial charge is 0.410 e. The lowest BCUT2D eigenvalue weighted by atomic mass is 10.2. The van der Waals surface area contributed by atoms with Crippen LogP contribution < -0.4 is 15.0 Å². The zero-order chi connectivity index (χ0) is 22.2. The fourth-order valence-corrected chi connectivity index (χ4v) is 3.12. The first kappa shape index (κ1) is 22.3. The van der Waals surface area contributed by atoms with Crippen molar-refractivity contribution in [3.8, 4) is 5.88 Å². The summed E-state index contributed by atoms with van der Waals surface area (Å²) >= 11 is 0. The van der Waals surface area contributed by atoms with E-state index in [0.29, 0.717) is 37.7 Å². The summed E-state index contributed by atoms with van der Waals surface area (Å²) in [5.74, 6) is 0.438. The van der Waals surface area contributed by atoms with Gasteiger partial charge in [0, 0.05) is 38.4 Å². The van der Waals surface area contributed by atoms with Gasteiger partial charge in [0.2, 0.25) is 11.8 Å². The Morgan fingerprint density at radius 1 is 1.16 bits per heavy atom.